The summed E-state index contributed by atoms with van der Waals surface area (Å²) < 4.78 is 0. The molecule has 1 aliphatic heterocycles. The lowest BCUT2D eigenvalue weighted by Gasteiger charge is -2.09. The fourth-order valence-corrected chi connectivity index (χ4v) is 1.14. The molecule has 0 atom stereocenters. The van der Waals surface area contributed by atoms with E-state index in [9.17, 15) is 0 Å². The zero-order valence-corrected chi connectivity index (χ0v) is 7.60. The fraction of sp³-hybridized carbons (Fsp3) is 0.500. The van der Waals surface area contributed by atoms with Crippen molar-refractivity contribution >= 4 is 24.8 Å². The van der Waals surface area contributed by atoms with Gasteiger partial charge in [-0.25, -0.2) is 4.98 Å². The van der Waals surface area contributed by atoms with Crippen molar-refractivity contribution in [1.82, 2.24) is 15.3 Å². The Morgan fingerprint density at radius 3 is 2.91 bits per heavy atom. The Bertz CT molecular complexity index is 191. The van der Waals surface area contributed by atoms with Gasteiger partial charge in [0, 0.05) is 25.2 Å². The first-order valence-corrected chi connectivity index (χ1v) is 3.18. The molecule has 2 heterocycles. The van der Waals surface area contributed by atoms with E-state index in [0.717, 1.165) is 19.5 Å². The van der Waals surface area contributed by atoms with Crippen LogP contribution in [0.2, 0.25) is 0 Å². The quantitative estimate of drug-likeness (QED) is 0.647. The molecular weight excluding hydrogens is 185 g/mol. The Kier molecular flexibility index (Phi) is 4.49. The van der Waals surface area contributed by atoms with Crippen LogP contribution in [0.1, 0.15) is 11.4 Å². The van der Waals surface area contributed by atoms with Crippen molar-refractivity contribution in [2.45, 2.75) is 13.0 Å². The van der Waals surface area contributed by atoms with E-state index in [1.807, 2.05) is 0 Å². The van der Waals surface area contributed by atoms with E-state index in [4.69, 9.17) is 0 Å². The summed E-state index contributed by atoms with van der Waals surface area (Å²) >= 11 is 0. The van der Waals surface area contributed by atoms with E-state index in [1.165, 1.54) is 11.4 Å². The van der Waals surface area contributed by atoms with Crippen LogP contribution in [0.4, 0.5) is 0 Å². The van der Waals surface area contributed by atoms with Crippen LogP contribution in [0.3, 0.4) is 0 Å². The Hall–Kier alpha value is -0.250. The van der Waals surface area contributed by atoms with Crippen LogP contribution >= 0.6 is 24.8 Å². The first-order chi connectivity index (χ1) is 4.47. The summed E-state index contributed by atoms with van der Waals surface area (Å²) in [6, 6.07) is 0. The highest BCUT2D eigenvalue weighted by Gasteiger charge is 2.08. The van der Waals surface area contributed by atoms with Crippen LogP contribution in [-0.4, -0.2) is 16.5 Å². The molecule has 0 unspecified atom stereocenters. The summed E-state index contributed by atoms with van der Waals surface area (Å²) in [5.41, 5.74) is 2.48. The fourth-order valence-electron chi connectivity index (χ4n) is 1.14. The number of nitrogens with one attached hydrogen (secondary N) is 2. The molecule has 0 aliphatic carbocycles. The Morgan fingerprint density at radius 2 is 2.18 bits per heavy atom. The number of hydrogen-bond donors (Lipinski definition) is 2. The number of nitrogens with zero attached hydrogens (tertiary/aromatic N) is 1. The molecule has 0 fully saturated rings. The predicted molar refractivity (Wildman–Crippen MR) is 48.5 cm³/mol. The van der Waals surface area contributed by atoms with Crippen LogP contribution in [0, 0.1) is 0 Å². The minimum Gasteiger partial charge on any atom is -0.348 e. The van der Waals surface area contributed by atoms with Crippen LogP contribution in [0.25, 0.3) is 0 Å². The average molecular weight is 196 g/mol. The van der Waals surface area contributed by atoms with Gasteiger partial charge in [0.1, 0.15) is 0 Å². The summed E-state index contributed by atoms with van der Waals surface area (Å²) in [5.74, 6) is 0. The highest BCUT2D eigenvalue weighted by molar-refractivity contribution is 5.85. The Morgan fingerprint density at radius 1 is 1.36 bits per heavy atom. The summed E-state index contributed by atoms with van der Waals surface area (Å²) in [6.45, 7) is 2.01. The van der Waals surface area contributed by atoms with Gasteiger partial charge in [-0.05, 0) is 0 Å². The second-order valence-electron chi connectivity index (χ2n) is 2.25. The van der Waals surface area contributed by atoms with Gasteiger partial charge < -0.3 is 10.3 Å². The van der Waals surface area contributed by atoms with Crippen molar-refractivity contribution in [3.8, 4) is 0 Å². The maximum absolute atomic E-state index is 4.14. The third kappa shape index (κ3) is 2.09. The van der Waals surface area contributed by atoms with E-state index >= 15 is 0 Å². The van der Waals surface area contributed by atoms with Crippen LogP contribution in [-0.2, 0) is 13.0 Å². The SMILES string of the molecule is Cl.Cl.c1nc2c([nH]1)CCNC2. The molecule has 3 nitrogen and oxygen atoms in total. The van der Waals surface area contributed by atoms with Gasteiger partial charge in [0.05, 0.1) is 12.0 Å². The van der Waals surface area contributed by atoms with Crippen molar-refractivity contribution in [2.24, 2.45) is 0 Å². The van der Waals surface area contributed by atoms with Crippen molar-refractivity contribution in [3.63, 3.8) is 0 Å². The molecule has 0 saturated carbocycles. The van der Waals surface area contributed by atoms with Gasteiger partial charge in [0.2, 0.25) is 0 Å². The van der Waals surface area contributed by atoms with Crippen molar-refractivity contribution in [2.75, 3.05) is 6.54 Å². The van der Waals surface area contributed by atoms with Gasteiger partial charge in [0.15, 0.2) is 0 Å². The summed E-state index contributed by atoms with van der Waals surface area (Å²) in [4.78, 5) is 7.25. The third-order valence-corrected chi connectivity index (χ3v) is 1.65. The molecule has 0 radical (unpaired) electrons. The van der Waals surface area contributed by atoms with E-state index in [0.29, 0.717) is 0 Å². The van der Waals surface area contributed by atoms with Crippen molar-refractivity contribution in [1.29, 1.82) is 0 Å². The van der Waals surface area contributed by atoms with Crippen molar-refractivity contribution < 1.29 is 0 Å². The van der Waals surface area contributed by atoms with E-state index in [1.54, 1.807) is 6.33 Å². The number of rotatable bonds is 0. The maximum Gasteiger partial charge on any atom is 0.0925 e. The van der Waals surface area contributed by atoms with Crippen LogP contribution in [0.15, 0.2) is 6.33 Å². The largest absolute Gasteiger partial charge is 0.348 e. The molecule has 11 heavy (non-hydrogen) atoms. The second-order valence-corrected chi connectivity index (χ2v) is 2.25. The summed E-state index contributed by atoms with van der Waals surface area (Å²) in [7, 11) is 0. The van der Waals surface area contributed by atoms with Gasteiger partial charge in [-0.1, -0.05) is 0 Å². The standard InChI is InChI=1S/C6H9N3.2ClH/c1-2-7-3-6-5(1)8-4-9-6;;/h4,7H,1-3H2,(H,8,9);2*1H. The molecule has 2 rings (SSSR count). The number of imidazole rings is 1. The van der Waals surface area contributed by atoms with Gasteiger partial charge in [-0.2, -0.15) is 0 Å². The van der Waals surface area contributed by atoms with E-state index < -0.39 is 0 Å². The molecule has 0 saturated heterocycles. The molecule has 1 aliphatic rings. The zero-order chi connectivity index (χ0) is 6.10. The lowest BCUT2D eigenvalue weighted by Crippen LogP contribution is -2.23. The number of H-pyrrole nitrogens is 1. The lowest BCUT2D eigenvalue weighted by atomic mass is 10.2. The third-order valence-electron chi connectivity index (χ3n) is 1.65. The molecule has 2 N–H and O–H groups in total. The smallest absolute Gasteiger partial charge is 0.0925 e. The molecule has 1 aromatic heterocycles. The minimum absolute atomic E-state index is 0. The zero-order valence-electron chi connectivity index (χ0n) is 5.96. The Labute approximate surface area is 77.8 Å². The minimum atomic E-state index is 0. The molecule has 64 valence electrons. The maximum atomic E-state index is 4.14. The van der Waals surface area contributed by atoms with Crippen molar-refractivity contribution in [3.05, 3.63) is 17.7 Å². The van der Waals surface area contributed by atoms with Crippen LogP contribution < -0.4 is 5.32 Å². The normalized spacial score (nSPS) is 14.2. The average Bonchev–Trinajstić information content (AvgIpc) is 2.33. The second kappa shape index (κ2) is 4.59. The lowest BCUT2D eigenvalue weighted by molar-refractivity contribution is 0.627. The first-order valence-electron chi connectivity index (χ1n) is 3.18. The number of aromatic amines is 1. The number of aromatic nitrogens is 2. The van der Waals surface area contributed by atoms with E-state index in [2.05, 4.69) is 15.3 Å². The highest BCUT2D eigenvalue weighted by atomic mass is 35.5. The molecule has 0 amide bonds. The molecule has 0 bridgehead atoms. The highest BCUT2D eigenvalue weighted by Crippen LogP contribution is 2.06. The monoisotopic (exact) mass is 195 g/mol. The molecule has 5 heteroatoms. The molecule has 0 spiro atoms. The van der Waals surface area contributed by atoms with Gasteiger partial charge in [0.25, 0.3) is 0 Å². The predicted octanol–water partition coefficient (Wildman–Crippen LogP) is 0.899. The summed E-state index contributed by atoms with van der Waals surface area (Å²) in [6.07, 6.45) is 2.85. The molecule has 0 aromatic carbocycles. The van der Waals surface area contributed by atoms with Gasteiger partial charge in [-0.3, -0.25) is 0 Å². The number of halogens is 2. The molecular formula is C6H11Cl2N3. The van der Waals surface area contributed by atoms with Gasteiger partial charge >= 0.3 is 0 Å². The van der Waals surface area contributed by atoms with Gasteiger partial charge in [-0.15, -0.1) is 24.8 Å². The number of hydrogen-bond acceptors (Lipinski definition) is 2. The summed E-state index contributed by atoms with van der Waals surface area (Å²) in [5, 5.41) is 3.24. The number of fused-ring (bicyclic) bond motifs is 1. The van der Waals surface area contributed by atoms with E-state index in [-0.39, 0.29) is 24.8 Å². The van der Waals surface area contributed by atoms with Crippen LogP contribution in [0.5, 0.6) is 0 Å². The molecule has 1 aromatic rings. The first kappa shape index (κ1) is 10.8. The Balaban J connectivity index is 0.000000500. The topological polar surface area (TPSA) is 40.7 Å².